The van der Waals surface area contributed by atoms with Crippen molar-refractivity contribution in [3.05, 3.63) is 35.1 Å². The van der Waals surface area contributed by atoms with Gasteiger partial charge in [-0.3, -0.25) is 0 Å². The first-order chi connectivity index (χ1) is 6.65. The van der Waals surface area contributed by atoms with Gasteiger partial charge in [0.2, 0.25) is 0 Å². The van der Waals surface area contributed by atoms with E-state index >= 15 is 0 Å². The van der Waals surface area contributed by atoms with Gasteiger partial charge in [0.1, 0.15) is 17.5 Å². The van der Waals surface area contributed by atoms with Crippen LogP contribution < -0.4 is 5.73 Å². The zero-order chi connectivity index (χ0) is 10.6. The minimum atomic E-state index is -0.887. The van der Waals surface area contributed by atoms with Gasteiger partial charge in [0, 0.05) is 17.7 Å². The molecule has 0 aromatic heterocycles. The maximum Gasteiger partial charge on any atom is 0.132 e. The van der Waals surface area contributed by atoms with E-state index in [1.54, 1.807) is 0 Å². The summed E-state index contributed by atoms with van der Waals surface area (Å²) in [5, 5.41) is 0. The molecule has 0 spiro atoms. The molecule has 0 amide bonds. The average Bonchev–Trinajstić information content (AvgIpc) is 2.09. The van der Waals surface area contributed by atoms with Crippen LogP contribution in [-0.2, 0) is 6.42 Å². The molecule has 2 N–H and O–H groups in total. The zero-order valence-corrected chi connectivity index (χ0v) is 7.69. The summed E-state index contributed by atoms with van der Waals surface area (Å²) < 4.78 is 38.6. The highest BCUT2D eigenvalue weighted by Crippen LogP contribution is 2.16. The van der Waals surface area contributed by atoms with Crippen LogP contribution in [0.1, 0.15) is 18.4 Å². The highest BCUT2D eigenvalue weighted by molar-refractivity contribution is 5.20. The molecule has 0 aliphatic heterocycles. The number of rotatable bonds is 4. The second-order valence-corrected chi connectivity index (χ2v) is 3.09. The molecule has 0 saturated heterocycles. The molecule has 0 aliphatic rings. The Bertz CT molecular complexity index is 289. The van der Waals surface area contributed by atoms with E-state index in [-0.39, 0.29) is 12.0 Å². The van der Waals surface area contributed by atoms with Crippen LogP contribution in [0.3, 0.4) is 0 Å². The Morgan fingerprint density at radius 2 is 1.57 bits per heavy atom. The van der Waals surface area contributed by atoms with Gasteiger partial charge in [-0.1, -0.05) is 0 Å². The van der Waals surface area contributed by atoms with Crippen molar-refractivity contribution in [2.24, 2.45) is 5.73 Å². The van der Waals surface area contributed by atoms with E-state index in [2.05, 4.69) is 0 Å². The molecule has 1 rings (SSSR count). The lowest BCUT2D eigenvalue weighted by molar-refractivity contribution is 0.518. The minimum Gasteiger partial charge on any atom is -0.330 e. The van der Waals surface area contributed by atoms with E-state index < -0.39 is 17.5 Å². The molecule has 1 aromatic carbocycles. The van der Waals surface area contributed by atoms with E-state index in [4.69, 9.17) is 5.73 Å². The summed E-state index contributed by atoms with van der Waals surface area (Å²) >= 11 is 0. The molecule has 0 fully saturated rings. The van der Waals surface area contributed by atoms with Gasteiger partial charge in [-0.05, 0) is 25.8 Å². The highest BCUT2D eigenvalue weighted by atomic mass is 19.1. The fourth-order valence-corrected chi connectivity index (χ4v) is 1.26. The molecular formula is C10H12F3N. The van der Waals surface area contributed by atoms with E-state index in [1.807, 2.05) is 0 Å². The first-order valence-electron chi connectivity index (χ1n) is 4.48. The summed E-state index contributed by atoms with van der Waals surface area (Å²) in [6.45, 7) is 0.491. The van der Waals surface area contributed by atoms with Gasteiger partial charge in [0.15, 0.2) is 0 Å². The normalized spacial score (nSPS) is 10.6. The highest BCUT2D eigenvalue weighted by Gasteiger charge is 2.10. The quantitative estimate of drug-likeness (QED) is 0.747. The Balaban J connectivity index is 2.75. The van der Waals surface area contributed by atoms with Gasteiger partial charge in [-0.15, -0.1) is 0 Å². The van der Waals surface area contributed by atoms with Crippen molar-refractivity contribution in [2.75, 3.05) is 6.54 Å². The molecule has 1 nitrogen and oxygen atoms in total. The number of hydrogen-bond donors (Lipinski definition) is 1. The lowest BCUT2D eigenvalue weighted by atomic mass is 10.1. The Labute approximate surface area is 80.7 Å². The molecule has 14 heavy (non-hydrogen) atoms. The van der Waals surface area contributed by atoms with Crippen molar-refractivity contribution in [3.63, 3.8) is 0 Å². The molecule has 0 heterocycles. The van der Waals surface area contributed by atoms with Crippen LogP contribution in [0.5, 0.6) is 0 Å². The predicted molar refractivity (Wildman–Crippen MR) is 48.3 cm³/mol. The molecule has 0 radical (unpaired) electrons. The largest absolute Gasteiger partial charge is 0.330 e. The molecule has 0 atom stereocenters. The maximum atomic E-state index is 13.0. The first-order valence-corrected chi connectivity index (χ1v) is 4.48. The van der Waals surface area contributed by atoms with E-state index in [1.165, 1.54) is 0 Å². The van der Waals surface area contributed by atoms with Crippen LogP contribution in [0.4, 0.5) is 13.2 Å². The molecule has 0 unspecified atom stereocenters. The second kappa shape index (κ2) is 5.00. The molecule has 4 heteroatoms. The van der Waals surface area contributed by atoms with Crippen LogP contribution in [0.25, 0.3) is 0 Å². The van der Waals surface area contributed by atoms with Gasteiger partial charge in [-0.25, -0.2) is 13.2 Å². The summed E-state index contributed by atoms with van der Waals surface area (Å²) in [5.74, 6) is -2.53. The predicted octanol–water partition coefficient (Wildman–Crippen LogP) is 2.39. The summed E-state index contributed by atoms with van der Waals surface area (Å²) in [7, 11) is 0. The van der Waals surface area contributed by atoms with Crippen molar-refractivity contribution in [2.45, 2.75) is 19.3 Å². The topological polar surface area (TPSA) is 26.0 Å². The van der Waals surface area contributed by atoms with E-state index in [0.29, 0.717) is 31.5 Å². The first kappa shape index (κ1) is 11.0. The molecule has 0 bridgehead atoms. The van der Waals surface area contributed by atoms with E-state index in [0.717, 1.165) is 0 Å². The van der Waals surface area contributed by atoms with Crippen molar-refractivity contribution < 1.29 is 13.2 Å². The molecule has 1 aromatic rings. The van der Waals surface area contributed by atoms with Crippen molar-refractivity contribution in [1.29, 1.82) is 0 Å². The Hall–Kier alpha value is -1.03. The SMILES string of the molecule is NCCCCc1c(F)cc(F)cc1F. The monoisotopic (exact) mass is 203 g/mol. The Kier molecular flexibility index (Phi) is 3.95. The Morgan fingerprint density at radius 1 is 1.00 bits per heavy atom. The van der Waals surface area contributed by atoms with Gasteiger partial charge in [0.05, 0.1) is 0 Å². The van der Waals surface area contributed by atoms with Crippen molar-refractivity contribution >= 4 is 0 Å². The summed E-state index contributed by atoms with van der Waals surface area (Å²) in [6.07, 6.45) is 1.57. The minimum absolute atomic E-state index is 0.0557. The number of hydrogen-bond acceptors (Lipinski definition) is 1. The van der Waals surface area contributed by atoms with Crippen LogP contribution >= 0.6 is 0 Å². The van der Waals surface area contributed by atoms with Crippen molar-refractivity contribution in [1.82, 2.24) is 0 Å². The van der Waals surface area contributed by atoms with E-state index in [9.17, 15) is 13.2 Å². The maximum absolute atomic E-state index is 13.0. The van der Waals surface area contributed by atoms with Crippen LogP contribution in [0, 0.1) is 17.5 Å². The zero-order valence-electron chi connectivity index (χ0n) is 7.69. The van der Waals surface area contributed by atoms with Gasteiger partial charge in [-0.2, -0.15) is 0 Å². The number of halogens is 3. The summed E-state index contributed by atoms with van der Waals surface area (Å²) in [5.41, 5.74) is 5.19. The van der Waals surface area contributed by atoms with Gasteiger partial charge < -0.3 is 5.73 Å². The van der Waals surface area contributed by atoms with Gasteiger partial charge in [0.25, 0.3) is 0 Å². The number of nitrogens with two attached hydrogens (primary N) is 1. The van der Waals surface area contributed by atoms with Crippen LogP contribution in [0.15, 0.2) is 12.1 Å². The third-order valence-electron chi connectivity index (χ3n) is 1.99. The molecule has 78 valence electrons. The molecule has 0 aliphatic carbocycles. The molecular weight excluding hydrogens is 191 g/mol. The van der Waals surface area contributed by atoms with Crippen LogP contribution in [0.2, 0.25) is 0 Å². The van der Waals surface area contributed by atoms with Crippen molar-refractivity contribution in [3.8, 4) is 0 Å². The Morgan fingerprint density at radius 3 is 2.07 bits per heavy atom. The standard InChI is InChI=1S/C10H12F3N/c11-7-5-9(12)8(10(13)6-7)3-1-2-4-14/h5-6H,1-4,14H2. The fraction of sp³-hybridized carbons (Fsp3) is 0.400. The van der Waals surface area contributed by atoms with Gasteiger partial charge >= 0.3 is 0 Å². The number of unbranched alkanes of at least 4 members (excludes halogenated alkanes) is 1. The average molecular weight is 203 g/mol. The third-order valence-corrected chi connectivity index (χ3v) is 1.99. The number of benzene rings is 1. The smallest absolute Gasteiger partial charge is 0.132 e. The molecule has 0 saturated carbocycles. The lowest BCUT2D eigenvalue weighted by Crippen LogP contribution is -2.02. The fourth-order valence-electron chi connectivity index (χ4n) is 1.26. The van der Waals surface area contributed by atoms with Crippen LogP contribution in [-0.4, -0.2) is 6.54 Å². The summed E-state index contributed by atoms with van der Waals surface area (Å²) in [6, 6.07) is 1.39. The summed E-state index contributed by atoms with van der Waals surface area (Å²) in [4.78, 5) is 0. The lowest BCUT2D eigenvalue weighted by Gasteiger charge is -2.04. The third kappa shape index (κ3) is 2.73. The second-order valence-electron chi connectivity index (χ2n) is 3.09.